The summed E-state index contributed by atoms with van der Waals surface area (Å²) >= 11 is 7.47. The Bertz CT molecular complexity index is 694. The maximum absolute atomic E-state index is 5.81. The van der Waals surface area contributed by atoms with Gasteiger partial charge in [-0.25, -0.2) is 15.0 Å². The molecular formula is C18H27ClIN5S. The topological polar surface area (TPSA) is 62.2 Å². The van der Waals surface area contributed by atoms with Crippen LogP contribution in [0.1, 0.15) is 44.0 Å². The molecule has 0 amide bonds. The van der Waals surface area contributed by atoms with Gasteiger partial charge in [0, 0.05) is 30.1 Å². The van der Waals surface area contributed by atoms with Crippen molar-refractivity contribution < 1.29 is 0 Å². The van der Waals surface area contributed by atoms with E-state index in [2.05, 4.69) is 58.7 Å². The zero-order valence-electron chi connectivity index (χ0n) is 15.7. The Hall–Kier alpha value is -0.930. The van der Waals surface area contributed by atoms with Crippen molar-refractivity contribution in [1.29, 1.82) is 0 Å². The first-order valence-corrected chi connectivity index (χ1v) is 9.71. The lowest BCUT2D eigenvalue weighted by Gasteiger charge is -2.14. The van der Waals surface area contributed by atoms with Crippen molar-refractivity contribution in [2.24, 2.45) is 4.99 Å². The number of hydrogen-bond acceptors (Lipinski definition) is 4. The van der Waals surface area contributed by atoms with Crippen LogP contribution >= 0.6 is 46.9 Å². The first-order valence-electron chi connectivity index (χ1n) is 8.46. The maximum Gasteiger partial charge on any atom is 0.191 e. The third-order valence-corrected chi connectivity index (χ3v) is 4.59. The highest BCUT2D eigenvalue weighted by Gasteiger charge is 2.17. The van der Waals surface area contributed by atoms with E-state index < -0.39 is 0 Å². The van der Waals surface area contributed by atoms with E-state index in [-0.39, 0.29) is 29.4 Å². The molecule has 0 saturated carbocycles. The van der Waals surface area contributed by atoms with Crippen molar-refractivity contribution in [2.75, 3.05) is 13.1 Å². The Morgan fingerprint density at radius 3 is 2.62 bits per heavy atom. The highest BCUT2D eigenvalue weighted by Crippen LogP contribution is 2.24. The molecule has 0 atom stereocenters. The van der Waals surface area contributed by atoms with Gasteiger partial charge in [-0.3, -0.25) is 0 Å². The third-order valence-electron chi connectivity index (χ3n) is 3.53. The molecule has 0 saturated heterocycles. The molecule has 2 rings (SSSR count). The monoisotopic (exact) mass is 507 g/mol. The number of aliphatic imine (C=N–C) groups is 1. The molecule has 0 aliphatic heterocycles. The molecule has 0 fully saturated rings. The first kappa shape index (κ1) is 23.1. The van der Waals surface area contributed by atoms with Crippen LogP contribution in [0.3, 0.4) is 0 Å². The molecule has 0 aromatic carbocycles. The van der Waals surface area contributed by atoms with Gasteiger partial charge in [0.1, 0.15) is 10.2 Å². The zero-order valence-corrected chi connectivity index (χ0v) is 19.6. The van der Waals surface area contributed by atoms with Crippen LogP contribution in [0.15, 0.2) is 28.7 Å². The summed E-state index contributed by atoms with van der Waals surface area (Å²) in [4.78, 5) is 13.4. The Balaban J connectivity index is 0.00000338. The van der Waals surface area contributed by atoms with Gasteiger partial charge in [0.05, 0.1) is 12.2 Å². The van der Waals surface area contributed by atoms with Crippen molar-refractivity contribution in [1.82, 2.24) is 20.6 Å². The van der Waals surface area contributed by atoms with E-state index >= 15 is 0 Å². The number of nitrogens with zero attached hydrogens (tertiary/aromatic N) is 3. The summed E-state index contributed by atoms with van der Waals surface area (Å²) in [5.74, 6) is 0.803. The number of rotatable bonds is 6. The van der Waals surface area contributed by atoms with Gasteiger partial charge in [-0.1, -0.05) is 38.4 Å². The molecule has 144 valence electrons. The minimum Gasteiger partial charge on any atom is -0.357 e. The fourth-order valence-corrected chi connectivity index (χ4v) is 3.15. The summed E-state index contributed by atoms with van der Waals surface area (Å²) in [7, 11) is 0. The second-order valence-corrected chi connectivity index (χ2v) is 8.07. The van der Waals surface area contributed by atoms with E-state index in [0.717, 1.165) is 41.7 Å². The molecule has 0 aliphatic carbocycles. The molecule has 0 aliphatic rings. The number of hydrogen-bond donors (Lipinski definition) is 2. The molecule has 0 bridgehead atoms. The van der Waals surface area contributed by atoms with Gasteiger partial charge in [-0.05, 0) is 25.0 Å². The highest BCUT2D eigenvalue weighted by atomic mass is 127. The van der Waals surface area contributed by atoms with E-state index in [1.54, 1.807) is 17.5 Å². The number of thiazole rings is 1. The minimum atomic E-state index is 0. The maximum atomic E-state index is 5.81. The third kappa shape index (κ3) is 7.75. The SMILES string of the molecule is CCNC(=NCc1nc(C(C)(C)C)cs1)NCCc1ccc(Cl)nc1.I. The Labute approximate surface area is 182 Å². The van der Waals surface area contributed by atoms with Gasteiger partial charge >= 0.3 is 0 Å². The molecule has 2 aromatic rings. The predicted molar refractivity (Wildman–Crippen MR) is 122 cm³/mol. The molecule has 2 N–H and O–H groups in total. The average Bonchev–Trinajstić information content (AvgIpc) is 3.04. The molecule has 5 nitrogen and oxygen atoms in total. The number of nitrogens with one attached hydrogen (secondary N) is 2. The zero-order chi connectivity index (χ0) is 18.3. The predicted octanol–water partition coefficient (Wildman–Crippen LogP) is 4.40. The standard InChI is InChI=1S/C18H26ClN5S.HI/c1-5-20-17(21-9-8-13-6-7-15(19)22-10-13)23-11-16-24-14(12-25-16)18(2,3)4;/h6-7,10,12H,5,8-9,11H2,1-4H3,(H2,20,21,23);1H. The van der Waals surface area contributed by atoms with Crippen molar-refractivity contribution in [3.63, 3.8) is 0 Å². The summed E-state index contributed by atoms with van der Waals surface area (Å²) in [5.41, 5.74) is 2.34. The summed E-state index contributed by atoms with van der Waals surface area (Å²) in [6, 6.07) is 3.80. The highest BCUT2D eigenvalue weighted by molar-refractivity contribution is 14.0. The van der Waals surface area contributed by atoms with Gasteiger partial charge in [-0.15, -0.1) is 35.3 Å². The van der Waals surface area contributed by atoms with E-state index in [0.29, 0.717) is 11.7 Å². The van der Waals surface area contributed by atoms with Gasteiger partial charge in [0.25, 0.3) is 0 Å². The van der Waals surface area contributed by atoms with E-state index in [4.69, 9.17) is 11.6 Å². The number of aromatic nitrogens is 2. The molecule has 2 aromatic heterocycles. The lowest BCUT2D eigenvalue weighted by Crippen LogP contribution is -2.38. The van der Waals surface area contributed by atoms with Gasteiger partial charge in [-0.2, -0.15) is 0 Å². The summed E-state index contributed by atoms with van der Waals surface area (Å²) in [6.07, 6.45) is 2.66. The average molecular weight is 508 g/mol. The van der Waals surface area contributed by atoms with Crippen LogP contribution in [0.4, 0.5) is 0 Å². The molecule has 2 heterocycles. The minimum absolute atomic E-state index is 0. The van der Waals surface area contributed by atoms with Crippen LogP contribution in [0.2, 0.25) is 5.15 Å². The van der Waals surface area contributed by atoms with Crippen LogP contribution in [0.5, 0.6) is 0 Å². The van der Waals surface area contributed by atoms with E-state index in [9.17, 15) is 0 Å². The fraction of sp³-hybridized carbons (Fsp3) is 0.500. The van der Waals surface area contributed by atoms with Crippen LogP contribution in [0.25, 0.3) is 0 Å². The van der Waals surface area contributed by atoms with E-state index in [1.165, 1.54) is 0 Å². The quantitative estimate of drug-likeness (QED) is 0.263. The van der Waals surface area contributed by atoms with Crippen molar-refractivity contribution >= 4 is 52.9 Å². The van der Waals surface area contributed by atoms with Gasteiger partial charge in [0.15, 0.2) is 5.96 Å². The van der Waals surface area contributed by atoms with E-state index in [1.807, 2.05) is 12.1 Å². The summed E-state index contributed by atoms with van der Waals surface area (Å²) < 4.78 is 0. The normalized spacial score (nSPS) is 11.8. The summed E-state index contributed by atoms with van der Waals surface area (Å²) in [6.45, 7) is 10.8. The molecule has 0 unspecified atom stereocenters. The summed E-state index contributed by atoms with van der Waals surface area (Å²) in [5, 5.41) is 10.3. The van der Waals surface area contributed by atoms with Gasteiger partial charge < -0.3 is 10.6 Å². The fourth-order valence-electron chi connectivity index (χ4n) is 2.10. The van der Waals surface area contributed by atoms with Crippen LogP contribution < -0.4 is 10.6 Å². The van der Waals surface area contributed by atoms with Crippen molar-refractivity contribution in [2.45, 2.75) is 46.1 Å². The Morgan fingerprint density at radius 2 is 2.04 bits per heavy atom. The number of pyridine rings is 1. The van der Waals surface area contributed by atoms with Crippen LogP contribution in [-0.4, -0.2) is 29.0 Å². The van der Waals surface area contributed by atoms with Crippen LogP contribution in [-0.2, 0) is 18.4 Å². The molecule has 8 heteroatoms. The Kier molecular flexibility index (Phi) is 9.81. The second kappa shape index (κ2) is 11.0. The Morgan fingerprint density at radius 1 is 1.27 bits per heavy atom. The lowest BCUT2D eigenvalue weighted by atomic mass is 9.93. The van der Waals surface area contributed by atoms with Gasteiger partial charge in [0.2, 0.25) is 0 Å². The smallest absolute Gasteiger partial charge is 0.191 e. The molecular weight excluding hydrogens is 481 g/mol. The molecule has 26 heavy (non-hydrogen) atoms. The second-order valence-electron chi connectivity index (χ2n) is 6.74. The largest absolute Gasteiger partial charge is 0.357 e. The number of halogens is 2. The number of guanidine groups is 1. The van der Waals surface area contributed by atoms with Crippen molar-refractivity contribution in [3.8, 4) is 0 Å². The van der Waals surface area contributed by atoms with Crippen LogP contribution in [0, 0.1) is 0 Å². The molecule has 0 radical (unpaired) electrons. The lowest BCUT2D eigenvalue weighted by molar-refractivity contribution is 0.571. The first-order chi connectivity index (χ1) is 11.9. The molecule has 0 spiro atoms. The van der Waals surface area contributed by atoms with Crippen molar-refractivity contribution in [3.05, 3.63) is 45.1 Å².